The summed E-state index contributed by atoms with van der Waals surface area (Å²) in [6, 6.07) is 0. The van der Waals surface area contributed by atoms with E-state index in [4.69, 9.17) is 42.6 Å². The molecule has 5 aliphatic rings. The van der Waals surface area contributed by atoms with Crippen molar-refractivity contribution in [2.75, 3.05) is 20.3 Å². The number of hydrogen-bond acceptors (Lipinski definition) is 19. The summed E-state index contributed by atoms with van der Waals surface area (Å²) in [4.78, 5) is 36.9. The summed E-state index contributed by atoms with van der Waals surface area (Å²) in [6.45, 7) is 6.27. The van der Waals surface area contributed by atoms with Gasteiger partial charge in [0.25, 0.3) is 0 Å². The molecule has 0 bridgehead atoms. The van der Waals surface area contributed by atoms with Crippen LogP contribution in [0.25, 0.3) is 0 Å². The SMILES string of the molecule is C=C[C@H]1[C@H](O[C@@H]2O[C@H](CO[C@@H]3C[C@@H]4C(=CO[C@@H](O[C@@H]5O[C@H](CO)[C@@H](O)[C@H](O)[C@H]5O)[C@@H]4C=C)C(=O)O3)[C@@H](O)[C@H](O)[C@H]2O)OC=C(C(=O)OC)[C@H]1CC(=O)O. The van der Waals surface area contributed by atoms with Crippen molar-refractivity contribution in [2.24, 2.45) is 23.7 Å². The minimum absolute atomic E-state index is 0.0170. The zero-order chi connectivity index (χ0) is 38.7. The Morgan fingerprint density at radius 3 is 1.96 bits per heavy atom. The molecule has 0 spiro atoms. The lowest BCUT2D eigenvalue weighted by atomic mass is 9.80. The van der Waals surface area contributed by atoms with E-state index in [1.807, 2.05) is 0 Å². The smallest absolute Gasteiger partial charge is 0.339 e. The van der Waals surface area contributed by atoms with Crippen molar-refractivity contribution >= 4 is 17.9 Å². The fourth-order valence-corrected chi connectivity index (χ4v) is 6.82. The van der Waals surface area contributed by atoms with E-state index in [9.17, 15) is 55.2 Å². The lowest BCUT2D eigenvalue weighted by molar-refractivity contribution is -0.345. The Hall–Kier alpha value is -3.51. The first kappa shape index (κ1) is 40.7. The molecule has 53 heavy (non-hydrogen) atoms. The second-order valence-corrected chi connectivity index (χ2v) is 13.0. The minimum atomic E-state index is -1.84. The number of hydrogen-bond donors (Lipinski definition) is 8. The van der Waals surface area contributed by atoms with Crippen molar-refractivity contribution in [3.8, 4) is 0 Å². The van der Waals surface area contributed by atoms with Crippen LogP contribution in [-0.4, -0.2) is 159 Å². The monoisotopic (exact) mass is 760 g/mol. The van der Waals surface area contributed by atoms with Gasteiger partial charge in [-0.1, -0.05) is 12.2 Å². The van der Waals surface area contributed by atoms with Gasteiger partial charge in [-0.3, -0.25) is 4.79 Å². The van der Waals surface area contributed by atoms with Crippen LogP contribution in [0.5, 0.6) is 0 Å². The molecule has 20 nitrogen and oxygen atoms in total. The largest absolute Gasteiger partial charge is 0.481 e. The van der Waals surface area contributed by atoms with E-state index >= 15 is 0 Å². The summed E-state index contributed by atoms with van der Waals surface area (Å²) in [5.41, 5.74) is 0.000686. The van der Waals surface area contributed by atoms with Crippen LogP contribution in [0.4, 0.5) is 0 Å². The van der Waals surface area contributed by atoms with E-state index in [2.05, 4.69) is 13.2 Å². The molecule has 296 valence electrons. The molecular weight excluding hydrogens is 716 g/mol. The average molecular weight is 761 g/mol. The van der Waals surface area contributed by atoms with Crippen LogP contribution < -0.4 is 0 Å². The molecule has 0 aromatic rings. The van der Waals surface area contributed by atoms with Crippen LogP contribution in [0, 0.1) is 23.7 Å². The van der Waals surface area contributed by atoms with Crippen molar-refractivity contribution in [2.45, 2.75) is 93.1 Å². The predicted molar refractivity (Wildman–Crippen MR) is 168 cm³/mol. The number of cyclic esters (lactones) is 1. The molecule has 5 rings (SSSR count). The van der Waals surface area contributed by atoms with Crippen molar-refractivity contribution in [1.82, 2.24) is 0 Å². The quantitative estimate of drug-likeness (QED) is 0.0680. The third-order valence-electron chi connectivity index (χ3n) is 9.80. The number of aliphatic carboxylic acids is 1. The fraction of sp³-hybridized carbons (Fsp3) is 0.667. The molecule has 0 unspecified atom stereocenters. The van der Waals surface area contributed by atoms with E-state index in [-0.39, 0.29) is 17.6 Å². The summed E-state index contributed by atoms with van der Waals surface area (Å²) in [5.74, 6) is -6.40. The molecule has 0 aromatic carbocycles. The number of carbonyl (C=O) groups is 3. The lowest BCUT2D eigenvalue weighted by Gasteiger charge is -2.44. The Morgan fingerprint density at radius 2 is 1.40 bits per heavy atom. The Balaban J connectivity index is 1.24. The van der Waals surface area contributed by atoms with Crippen LogP contribution in [0.3, 0.4) is 0 Å². The van der Waals surface area contributed by atoms with Crippen LogP contribution in [-0.2, 0) is 57.0 Å². The number of fused-ring (bicyclic) bond motifs is 1. The van der Waals surface area contributed by atoms with Gasteiger partial charge in [0.15, 0.2) is 12.6 Å². The van der Waals surface area contributed by atoms with Gasteiger partial charge in [-0.05, 0) is 0 Å². The zero-order valence-corrected chi connectivity index (χ0v) is 28.3. The highest BCUT2D eigenvalue weighted by molar-refractivity contribution is 5.90. The highest BCUT2D eigenvalue weighted by Gasteiger charge is 2.51. The summed E-state index contributed by atoms with van der Waals surface area (Å²) >= 11 is 0. The molecular formula is C33H44O20. The third kappa shape index (κ3) is 8.43. The van der Waals surface area contributed by atoms with Crippen LogP contribution in [0.15, 0.2) is 49.0 Å². The van der Waals surface area contributed by atoms with Gasteiger partial charge in [-0.15, -0.1) is 13.2 Å². The molecule has 0 aromatic heterocycles. The van der Waals surface area contributed by atoms with Crippen LogP contribution in [0.2, 0.25) is 0 Å². The number of rotatable bonds is 13. The van der Waals surface area contributed by atoms with Crippen molar-refractivity contribution < 1.29 is 97.9 Å². The highest BCUT2D eigenvalue weighted by atomic mass is 16.8. The van der Waals surface area contributed by atoms with Gasteiger partial charge in [0, 0.05) is 30.1 Å². The second kappa shape index (κ2) is 17.3. The van der Waals surface area contributed by atoms with Gasteiger partial charge in [-0.2, -0.15) is 0 Å². The lowest BCUT2D eigenvalue weighted by Crippen LogP contribution is -2.60. The van der Waals surface area contributed by atoms with E-state index in [0.717, 1.165) is 19.6 Å². The molecule has 3 saturated heterocycles. The standard InChI is InChI=1S/C33H44O20/c1-4-12-14(6-20(35)36)16(28(43)45-3)9-47-30(12)53-33-27(42)25(40)23(38)19(50-33)11-46-21-7-15-13(5-2)31(48-10-17(15)29(44)51-21)52-32-26(41)24(39)22(37)18(8-34)49-32/h4-5,9-10,12-15,18-19,21-27,30-34,37-42H,1-2,6-8,11H2,3H3,(H,35,36)/t12-,13-,14+,15+,18-,19-,21+,22-,23-,24+,25+,26-,27-,30+,31+,32+,33+/m1/s1. The first-order chi connectivity index (χ1) is 25.2. The Labute approximate surface area is 301 Å². The van der Waals surface area contributed by atoms with E-state index < -0.39 is 141 Å². The Morgan fingerprint density at radius 1 is 0.830 bits per heavy atom. The Kier molecular flexibility index (Phi) is 13.3. The summed E-state index contributed by atoms with van der Waals surface area (Å²) in [5, 5.41) is 81.8. The highest BCUT2D eigenvalue weighted by Crippen LogP contribution is 2.41. The number of carbonyl (C=O) groups excluding carboxylic acids is 2. The maximum absolute atomic E-state index is 13.0. The first-order valence-corrected chi connectivity index (χ1v) is 16.6. The topological polar surface area (TPSA) is 296 Å². The molecule has 0 amide bonds. The molecule has 0 radical (unpaired) electrons. The van der Waals surface area contributed by atoms with Gasteiger partial charge in [0.1, 0.15) is 48.8 Å². The number of methoxy groups -OCH3 is 1. The summed E-state index contributed by atoms with van der Waals surface area (Å²) in [6.07, 6.45) is -16.0. The van der Waals surface area contributed by atoms with Gasteiger partial charge in [0.05, 0.1) is 50.4 Å². The molecule has 5 aliphatic heterocycles. The Bertz CT molecular complexity index is 1410. The number of aliphatic hydroxyl groups is 7. The molecule has 0 aliphatic carbocycles. The van der Waals surface area contributed by atoms with E-state index in [0.29, 0.717) is 0 Å². The van der Waals surface area contributed by atoms with Gasteiger partial charge in [0.2, 0.25) is 18.9 Å². The number of esters is 2. The molecule has 20 heteroatoms. The number of ether oxygens (including phenoxy) is 9. The second-order valence-electron chi connectivity index (χ2n) is 13.0. The normalized spacial score (nSPS) is 42.7. The number of aliphatic hydroxyl groups excluding tert-OH is 7. The molecule has 8 N–H and O–H groups in total. The summed E-state index contributed by atoms with van der Waals surface area (Å²) in [7, 11) is 1.11. The summed E-state index contributed by atoms with van der Waals surface area (Å²) < 4.78 is 49.8. The van der Waals surface area contributed by atoms with Crippen LogP contribution >= 0.6 is 0 Å². The number of carboxylic acids is 1. The van der Waals surface area contributed by atoms with Crippen molar-refractivity contribution in [3.05, 3.63) is 49.0 Å². The third-order valence-corrected chi connectivity index (χ3v) is 9.80. The first-order valence-electron chi connectivity index (χ1n) is 16.6. The molecule has 3 fully saturated rings. The van der Waals surface area contributed by atoms with E-state index in [1.165, 1.54) is 12.2 Å². The fourth-order valence-electron chi connectivity index (χ4n) is 6.82. The van der Waals surface area contributed by atoms with Crippen LogP contribution in [0.1, 0.15) is 12.8 Å². The van der Waals surface area contributed by atoms with E-state index in [1.54, 1.807) is 0 Å². The maximum atomic E-state index is 13.0. The van der Waals surface area contributed by atoms with Gasteiger partial charge in [-0.25, -0.2) is 9.59 Å². The zero-order valence-electron chi connectivity index (χ0n) is 28.3. The van der Waals surface area contributed by atoms with Gasteiger partial charge >= 0.3 is 17.9 Å². The van der Waals surface area contributed by atoms with Crippen molar-refractivity contribution in [3.63, 3.8) is 0 Å². The molecule has 17 atom stereocenters. The van der Waals surface area contributed by atoms with Gasteiger partial charge < -0.3 is 83.5 Å². The average Bonchev–Trinajstić information content (AvgIpc) is 3.14. The minimum Gasteiger partial charge on any atom is -0.481 e. The molecule has 5 heterocycles. The number of carboxylic acid groups (broad SMARTS) is 1. The predicted octanol–water partition coefficient (Wildman–Crippen LogP) is -3.12. The molecule has 0 saturated carbocycles. The maximum Gasteiger partial charge on any atom is 0.339 e. The van der Waals surface area contributed by atoms with Crippen molar-refractivity contribution in [1.29, 1.82) is 0 Å².